The lowest BCUT2D eigenvalue weighted by atomic mass is 10.2. The highest BCUT2D eigenvalue weighted by Gasteiger charge is 2.19. The number of ether oxygens (including phenoxy) is 2. The molecule has 0 heterocycles. The summed E-state index contributed by atoms with van der Waals surface area (Å²) in [5, 5.41) is 2.99. The van der Waals surface area contributed by atoms with Crippen molar-refractivity contribution in [3.05, 3.63) is 53.1 Å². The monoisotopic (exact) mass is 348 g/mol. The van der Waals surface area contributed by atoms with Crippen molar-refractivity contribution in [3.63, 3.8) is 0 Å². The van der Waals surface area contributed by atoms with E-state index < -0.39 is 18.0 Å². The van der Waals surface area contributed by atoms with Crippen LogP contribution in [0.3, 0.4) is 0 Å². The van der Waals surface area contributed by atoms with E-state index in [1.165, 1.54) is 26.2 Å². The van der Waals surface area contributed by atoms with Gasteiger partial charge in [0.1, 0.15) is 5.75 Å². The molecule has 0 aliphatic heterocycles. The van der Waals surface area contributed by atoms with Gasteiger partial charge in [0.15, 0.2) is 6.10 Å². The molecule has 0 fully saturated rings. The molecule has 6 nitrogen and oxygen atoms in total. The first kappa shape index (κ1) is 17.6. The summed E-state index contributed by atoms with van der Waals surface area (Å²) < 4.78 is 10.2. The van der Waals surface area contributed by atoms with Gasteiger partial charge in [-0.05, 0) is 49.4 Å². The second-order valence-corrected chi connectivity index (χ2v) is 5.42. The number of nitrogens with one attached hydrogen (secondary N) is 1. The summed E-state index contributed by atoms with van der Waals surface area (Å²) in [7, 11) is 1.50. The zero-order valence-electron chi connectivity index (χ0n) is 13.2. The van der Waals surface area contributed by atoms with Crippen molar-refractivity contribution in [2.75, 3.05) is 18.2 Å². The van der Waals surface area contributed by atoms with Gasteiger partial charge in [0.25, 0.3) is 5.91 Å². The van der Waals surface area contributed by atoms with E-state index in [1.807, 2.05) is 0 Å². The van der Waals surface area contributed by atoms with Gasteiger partial charge in [-0.1, -0.05) is 11.6 Å². The highest BCUT2D eigenvalue weighted by molar-refractivity contribution is 6.32. The number of nitrogens with two attached hydrogens (primary N) is 1. The van der Waals surface area contributed by atoms with Crippen LogP contribution in [0.4, 0.5) is 11.4 Å². The summed E-state index contributed by atoms with van der Waals surface area (Å²) in [4.78, 5) is 24.1. The van der Waals surface area contributed by atoms with Crippen LogP contribution in [0.1, 0.15) is 17.3 Å². The van der Waals surface area contributed by atoms with Crippen LogP contribution in [0, 0.1) is 0 Å². The van der Waals surface area contributed by atoms with Crippen LogP contribution in [-0.2, 0) is 9.53 Å². The summed E-state index contributed by atoms with van der Waals surface area (Å²) in [6, 6.07) is 11.0. The topological polar surface area (TPSA) is 90.6 Å². The van der Waals surface area contributed by atoms with Gasteiger partial charge in [0.05, 0.1) is 17.7 Å². The molecule has 0 spiro atoms. The van der Waals surface area contributed by atoms with Crippen molar-refractivity contribution in [1.29, 1.82) is 0 Å². The minimum atomic E-state index is -0.976. The van der Waals surface area contributed by atoms with E-state index in [1.54, 1.807) is 30.3 Å². The molecular formula is C17H17ClN2O4. The quantitative estimate of drug-likeness (QED) is 0.640. The molecule has 126 valence electrons. The normalized spacial score (nSPS) is 11.5. The van der Waals surface area contributed by atoms with E-state index in [4.69, 9.17) is 26.8 Å². The number of hydrogen-bond donors (Lipinski definition) is 2. The Morgan fingerprint density at radius 3 is 2.42 bits per heavy atom. The number of esters is 1. The number of anilines is 2. The van der Waals surface area contributed by atoms with Crippen molar-refractivity contribution < 1.29 is 19.1 Å². The molecule has 0 bridgehead atoms. The Morgan fingerprint density at radius 1 is 1.17 bits per heavy atom. The molecule has 0 aliphatic rings. The minimum absolute atomic E-state index is 0.316. The first-order valence-electron chi connectivity index (χ1n) is 7.11. The molecule has 0 saturated carbocycles. The third-order valence-electron chi connectivity index (χ3n) is 3.22. The molecule has 7 heteroatoms. The number of hydrogen-bond acceptors (Lipinski definition) is 5. The Bertz CT molecular complexity index is 747. The SMILES string of the molecule is COc1ccc(NC(=O)C(C)OC(=O)c2ccc(N)cc2)cc1Cl. The number of carbonyl (C=O) groups excluding carboxylic acids is 2. The number of carbonyl (C=O) groups is 2. The summed E-state index contributed by atoms with van der Waals surface area (Å²) in [6.07, 6.45) is -0.976. The Kier molecular flexibility index (Phi) is 5.65. The Hall–Kier alpha value is -2.73. The molecule has 24 heavy (non-hydrogen) atoms. The molecule has 2 aromatic carbocycles. The standard InChI is InChI=1S/C17H17ClN2O4/c1-10(24-17(22)11-3-5-12(19)6-4-11)16(21)20-13-7-8-15(23-2)14(18)9-13/h3-10H,19H2,1-2H3,(H,20,21). The molecule has 1 atom stereocenters. The number of halogens is 1. The van der Waals surface area contributed by atoms with E-state index in [9.17, 15) is 9.59 Å². The fourth-order valence-electron chi connectivity index (χ4n) is 1.89. The third kappa shape index (κ3) is 4.39. The van der Waals surface area contributed by atoms with Gasteiger partial charge >= 0.3 is 5.97 Å². The van der Waals surface area contributed by atoms with Gasteiger partial charge in [-0.2, -0.15) is 0 Å². The molecular weight excluding hydrogens is 332 g/mol. The van der Waals surface area contributed by atoms with E-state index >= 15 is 0 Å². The van der Waals surface area contributed by atoms with Crippen molar-refractivity contribution in [2.45, 2.75) is 13.0 Å². The third-order valence-corrected chi connectivity index (χ3v) is 3.51. The Morgan fingerprint density at radius 2 is 1.83 bits per heavy atom. The number of rotatable bonds is 5. The van der Waals surface area contributed by atoms with Crippen LogP contribution in [0.2, 0.25) is 5.02 Å². The Balaban J connectivity index is 1.98. The zero-order chi connectivity index (χ0) is 17.7. The summed E-state index contributed by atoms with van der Waals surface area (Å²) in [5.41, 5.74) is 6.88. The first-order valence-corrected chi connectivity index (χ1v) is 7.49. The average Bonchev–Trinajstić information content (AvgIpc) is 2.55. The molecule has 0 aromatic heterocycles. The molecule has 0 saturated heterocycles. The highest BCUT2D eigenvalue weighted by atomic mass is 35.5. The number of nitrogen functional groups attached to an aromatic ring is 1. The lowest BCUT2D eigenvalue weighted by Crippen LogP contribution is -2.30. The van der Waals surface area contributed by atoms with E-state index in [0.29, 0.717) is 27.7 Å². The van der Waals surface area contributed by atoms with Crippen LogP contribution in [0.5, 0.6) is 5.75 Å². The predicted octanol–water partition coefficient (Wildman–Crippen LogP) is 3.11. The van der Waals surface area contributed by atoms with Crippen LogP contribution in [0.25, 0.3) is 0 Å². The fraction of sp³-hybridized carbons (Fsp3) is 0.176. The van der Waals surface area contributed by atoms with Crippen LogP contribution < -0.4 is 15.8 Å². The van der Waals surface area contributed by atoms with Gasteiger partial charge in [0, 0.05) is 11.4 Å². The maximum absolute atomic E-state index is 12.1. The van der Waals surface area contributed by atoms with Gasteiger partial charge in [-0.3, -0.25) is 4.79 Å². The van der Waals surface area contributed by atoms with E-state index in [-0.39, 0.29) is 0 Å². The van der Waals surface area contributed by atoms with Crippen LogP contribution >= 0.6 is 11.6 Å². The van der Waals surface area contributed by atoms with Gasteiger partial charge in [0.2, 0.25) is 0 Å². The van der Waals surface area contributed by atoms with Crippen molar-refractivity contribution >= 4 is 34.9 Å². The lowest BCUT2D eigenvalue weighted by Gasteiger charge is -2.14. The first-order chi connectivity index (χ1) is 11.4. The average molecular weight is 349 g/mol. The smallest absolute Gasteiger partial charge is 0.338 e. The Labute approximate surface area is 144 Å². The molecule has 1 unspecified atom stereocenters. The molecule has 2 rings (SSSR count). The van der Waals surface area contributed by atoms with Crippen LogP contribution in [-0.4, -0.2) is 25.1 Å². The molecule has 0 radical (unpaired) electrons. The largest absolute Gasteiger partial charge is 0.495 e. The van der Waals surface area contributed by atoms with Gasteiger partial charge in [-0.15, -0.1) is 0 Å². The van der Waals surface area contributed by atoms with Crippen molar-refractivity contribution in [2.24, 2.45) is 0 Å². The zero-order valence-corrected chi connectivity index (χ0v) is 14.0. The second-order valence-electron chi connectivity index (χ2n) is 5.01. The van der Waals surface area contributed by atoms with Crippen molar-refractivity contribution in [1.82, 2.24) is 0 Å². The lowest BCUT2D eigenvalue weighted by molar-refractivity contribution is -0.123. The molecule has 2 aromatic rings. The number of amides is 1. The maximum Gasteiger partial charge on any atom is 0.338 e. The molecule has 1 amide bonds. The number of methoxy groups -OCH3 is 1. The van der Waals surface area contributed by atoms with E-state index in [0.717, 1.165) is 0 Å². The predicted molar refractivity (Wildman–Crippen MR) is 92.4 cm³/mol. The molecule has 0 aliphatic carbocycles. The van der Waals surface area contributed by atoms with E-state index in [2.05, 4.69) is 5.32 Å². The van der Waals surface area contributed by atoms with Crippen molar-refractivity contribution in [3.8, 4) is 5.75 Å². The summed E-state index contributed by atoms with van der Waals surface area (Å²) >= 11 is 6.00. The highest BCUT2D eigenvalue weighted by Crippen LogP contribution is 2.27. The van der Waals surface area contributed by atoms with Crippen LogP contribution in [0.15, 0.2) is 42.5 Å². The second kappa shape index (κ2) is 7.70. The maximum atomic E-state index is 12.1. The number of benzene rings is 2. The van der Waals surface area contributed by atoms with Gasteiger partial charge in [-0.25, -0.2) is 4.79 Å². The minimum Gasteiger partial charge on any atom is -0.495 e. The fourth-order valence-corrected chi connectivity index (χ4v) is 2.15. The summed E-state index contributed by atoms with van der Waals surface area (Å²) in [6.45, 7) is 1.48. The molecule has 3 N–H and O–H groups in total. The van der Waals surface area contributed by atoms with Gasteiger partial charge < -0.3 is 20.5 Å². The summed E-state index contributed by atoms with van der Waals surface area (Å²) in [5.74, 6) is -0.581.